The van der Waals surface area contributed by atoms with E-state index in [1.807, 2.05) is 6.07 Å². The van der Waals surface area contributed by atoms with E-state index in [9.17, 15) is 13.5 Å². The number of nitrogen functional groups attached to an aromatic ring is 1. The van der Waals surface area contributed by atoms with Crippen molar-refractivity contribution in [3.8, 4) is 11.8 Å². The maximum atomic E-state index is 12.4. The number of nitriles is 1. The number of anilines is 2. The van der Waals surface area contributed by atoms with Crippen molar-refractivity contribution in [1.29, 1.82) is 5.26 Å². The van der Waals surface area contributed by atoms with Gasteiger partial charge in [0.2, 0.25) is 0 Å². The third-order valence-electron chi connectivity index (χ3n) is 2.89. The Kier molecular flexibility index (Phi) is 3.74. The predicted octanol–water partition coefficient (Wildman–Crippen LogP) is 1.96. The van der Waals surface area contributed by atoms with Crippen LogP contribution in [0.5, 0.6) is 5.75 Å². The number of nitrogens with zero attached hydrogens (tertiary/aromatic N) is 1. The van der Waals surface area contributed by atoms with Gasteiger partial charge in [0.1, 0.15) is 5.75 Å². The van der Waals surface area contributed by atoms with Crippen LogP contribution in [0.3, 0.4) is 0 Å². The van der Waals surface area contributed by atoms with Gasteiger partial charge in [0, 0.05) is 6.07 Å². The van der Waals surface area contributed by atoms with Gasteiger partial charge in [-0.05, 0) is 36.8 Å². The van der Waals surface area contributed by atoms with Gasteiger partial charge in [-0.15, -0.1) is 0 Å². The first-order valence-corrected chi connectivity index (χ1v) is 7.44. The Hall–Kier alpha value is -2.72. The standard InChI is InChI=1S/C14H13N3O3S/c1-9-2-3-10(8-15)6-14(9)21(19,20)17-13-5-4-11(18)7-12(13)16/h2-7,17-18H,16H2,1H3. The Morgan fingerprint density at radius 3 is 2.57 bits per heavy atom. The van der Waals surface area contributed by atoms with Crippen molar-refractivity contribution in [3.05, 3.63) is 47.5 Å². The number of hydrogen-bond donors (Lipinski definition) is 3. The van der Waals surface area contributed by atoms with Gasteiger partial charge in [-0.3, -0.25) is 4.72 Å². The SMILES string of the molecule is Cc1ccc(C#N)cc1S(=O)(=O)Nc1ccc(O)cc1N. The third kappa shape index (κ3) is 3.07. The van der Waals surface area contributed by atoms with E-state index < -0.39 is 10.0 Å². The van der Waals surface area contributed by atoms with Crippen LogP contribution in [0.2, 0.25) is 0 Å². The topological polar surface area (TPSA) is 116 Å². The highest BCUT2D eigenvalue weighted by molar-refractivity contribution is 7.92. The van der Waals surface area contributed by atoms with Crippen LogP contribution in [0.1, 0.15) is 11.1 Å². The Labute approximate surface area is 122 Å². The molecule has 0 heterocycles. The van der Waals surface area contributed by atoms with Gasteiger partial charge in [0.25, 0.3) is 10.0 Å². The monoisotopic (exact) mass is 303 g/mol. The number of phenols is 1. The molecule has 0 spiro atoms. The zero-order valence-corrected chi connectivity index (χ0v) is 12.0. The number of aromatic hydroxyl groups is 1. The zero-order valence-electron chi connectivity index (χ0n) is 11.2. The fourth-order valence-electron chi connectivity index (χ4n) is 1.80. The summed E-state index contributed by atoms with van der Waals surface area (Å²) < 4.78 is 27.1. The molecule has 4 N–H and O–H groups in total. The van der Waals surface area contributed by atoms with E-state index in [1.165, 1.54) is 24.3 Å². The Morgan fingerprint density at radius 2 is 1.95 bits per heavy atom. The van der Waals surface area contributed by atoms with Gasteiger partial charge in [0.15, 0.2) is 0 Å². The Morgan fingerprint density at radius 1 is 1.24 bits per heavy atom. The van der Waals surface area contributed by atoms with Crippen LogP contribution in [0.25, 0.3) is 0 Å². The second-order valence-corrected chi connectivity index (χ2v) is 6.12. The van der Waals surface area contributed by atoms with Gasteiger partial charge in [0.05, 0.1) is 27.9 Å². The molecule has 0 amide bonds. The fourth-order valence-corrected chi connectivity index (χ4v) is 3.16. The minimum absolute atomic E-state index is 0.00836. The van der Waals surface area contributed by atoms with Crippen LogP contribution in [-0.2, 0) is 10.0 Å². The summed E-state index contributed by atoms with van der Waals surface area (Å²) in [5, 5.41) is 18.1. The van der Waals surface area contributed by atoms with Crippen molar-refractivity contribution in [3.63, 3.8) is 0 Å². The van der Waals surface area contributed by atoms with Gasteiger partial charge in [-0.2, -0.15) is 5.26 Å². The molecule has 0 aromatic heterocycles. The number of nitrogens with one attached hydrogen (secondary N) is 1. The smallest absolute Gasteiger partial charge is 0.262 e. The lowest BCUT2D eigenvalue weighted by atomic mass is 10.2. The molecule has 0 aliphatic rings. The summed E-state index contributed by atoms with van der Waals surface area (Å²) in [5.41, 5.74) is 6.69. The van der Waals surface area contributed by atoms with E-state index in [4.69, 9.17) is 11.0 Å². The number of rotatable bonds is 3. The van der Waals surface area contributed by atoms with E-state index in [1.54, 1.807) is 19.1 Å². The normalized spacial score (nSPS) is 10.9. The summed E-state index contributed by atoms with van der Waals surface area (Å²) in [4.78, 5) is 0.00836. The predicted molar refractivity (Wildman–Crippen MR) is 79.2 cm³/mol. The molecule has 0 fully saturated rings. The molecular weight excluding hydrogens is 290 g/mol. The van der Waals surface area contributed by atoms with Crippen molar-refractivity contribution in [2.45, 2.75) is 11.8 Å². The van der Waals surface area contributed by atoms with Crippen molar-refractivity contribution in [2.24, 2.45) is 0 Å². The van der Waals surface area contributed by atoms with Crippen molar-refractivity contribution >= 4 is 21.4 Å². The largest absolute Gasteiger partial charge is 0.508 e. The molecule has 2 aromatic carbocycles. The maximum absolute atomic E-state index is 12.4. The third-order valence-corrected chi connectivity index (χ3v) is 4.39. The molecule has 21 heavy (non-hydrogen) atoms. The van der Waals surface area contributed by atoms with Crippen LogP contribution in [0.15, 0.2) is 41.3 Å². The second kappa shape index (κ2) is 5.34. The first-order valence-electron chi connectivity index (χ1n) is 5.95. The van der Waals surface area contributed by atoms with Crippen LogP contribution < -0.4 is 10.5 Å². The molecule has 0 atom stereocenters. The molecule has 2 aromatic rings. The molecular formula is C14H13N3O3S. The highest BCUT2D eigenvalue weighted by Crippen LogP contribution is 2.27. The van der Waals surface area contributed by atoms with Crippen LogP contribution >= 0.6 is 0 Å². The van der Waals surface area contributed by atoms with E-state index in [0.717, 1.165) is 0 Å². The lowest BCUT2D eigenvalue weighted by Crippen LogP contribution is -2.15. The number of sulfonamides is 1. The van der Waals surface area contributed by atoms with Gasteiger partial charge in [-0.25, -0.2) is 8.42 Å². The summed E-state index contributed by atoms with van der Waals surface area (Å²) in [5.74, 6) is -0.0573. The number of benzene rings is 2. The fraction of sp³-hybridized carbons (Fsp3) is 0.0714. The maximum Gasteiger partial charge on any atom is 0.262 e. The summed E-state index contributed by atoms with van der Waals surface area (Å²) in [6, 6.07) is 10.2. The average molecular weight is 303 g/mol. The molecule has 0 saturated heterocycles. The molecule has 0 saturated carbocycles. The second-order valence-electron chi connectivity index (χ2n) is 4.47. The molecule has 0 bridgehead atoms. The lowest BCUT2D eigenvalue weighted by Gasteiger charge is -2.12. The number of nitrogens with two attached hydrogens (primary N) is 1. The summed E-state index contributed by atoms with van der Waals surface area (Å²) in [6.45, 7) is 1.63. The minimum Gasteiger partial charge on any atom is -0.508 e. The number of hydrogen-bond acceptors (Lipinski definition) is 5. The van der Waals surface area contributed by atoms with Crippen LogP contribution in [0.4, 0.5) is 11.4 Å². The van der Waals surface area contributed by atoms with E-state index >= 15 is 0 Å². The van der Waals surface area contributed by atoms with E-state index in [2.05, 4.69) is 4.72 Å². The molecule has 6 nitrogen and oxygen atoms in total. The van der Waals surface area contributed by atoms with Crippen molar-refractivity contribution in [2.75, 3.05) is 10.5 Å². The molecule has 0 aliphatic carbocycles. The van der Waals surface area contributed by atoms with Crippen LogP contribution in [-0.4, -0.2) is 13.5 Å². The van der Waals surface area contributed by atoms with Crippen LogP contribution in [0, 0.1) is 18.3 Å². The average Bonchev–Trinajstić information content (AvgIpc) is 2.42. The molecule has 7 heteroatoms. The molecule has 0 radical (unpaired) electrons. The number of aryl methyl sites for hydroxylation is 1. The molecule has 0 aliphatic heterocycles. The van der Waals surface area contributed by atoms with E-state index in [0.29, 0.717) is 5.56 Å². The first-order chi connectivity index (χ1) is 9.83. The highest BCUT2D eigenvalue weighted by atomic mass is 32.2. The lowest BCUT2D eigenvalue weighted by molar-refractivity contribution is 0.475. The van der Waals surface area contributed by atoms with Gasteiger partial charge < -0.3 is 10.8 Å². The minimum atomic E-state index is -3.87. The Bertz CT molecular complexity index is 839. The summed E-state index contributed by atoms with van der Waals surface area (Å²) >= 11 is 0. The van der Waals surface area contributed by atoms with E-state index in [-0.39, 0.29) is 27.6 Å². The first kappa shape index (κ1) is 14.7. The van der Waals surface area contributed by atoms with Crippen molar-refractivity contribution in [1.82, 2.24) is 0 Å². The Balaban J connectivity index is 2.46. The van der Waals surface area contributed by atoms with Crippen molar-refractivity contribution < 1.29 is 13.5 Å². The zero-order chi connectivity index (χ0) is 15.6. The quantitative estimate of drug-likeness (QED) is 0.592. The summed E-state index contributed by atoms with van der Waals surface area (Å²) in [6.07, 6.45) is 0. The molecule has 108 valence electrons. The highest BCUT2D eigenvalue weighted by Gasteiger charge is 2.18. The van der Waals surface area contributed by atoms with Gasteiger partial charge in [-0.1, -0.05) is 6.07 Å². The number of phenolic OH excluding ortho intramolecular Hbond substituents is 1. The van der Waals surface area contributed by atoms with Gasteiger partial charge >= 0.3 is 0 Å². The summed E-state index contributed by atoms with van der Waals surface area (Å²) in [7, 11) is -3.87. The molecule has 2 rings (SSSR count). The molecule has 0 unspecified atom stereocenters.